The third-order valence-corrected chi connectivity index (χ3v) is 2.93. The van der Waals surface area contributed by atoms with Crippen LogP contribution in [0.5, 0.6) is 5.75 Å². The highest BCUT2D eigenvalue weighted by molar-refractivity contribution is 5.89. The van der Waals surface area contributed by atoms with Crippen molar-refractivity contribution in [2.24, 2.45) is 0 Å². The zero-order valence-corrected chi connectivity index (χ0v) is 11.8. The number of benzene rings is 2. The average Bonchev–Trinajstić information content (AvgIpc) is 2.47. The minimum Gasteiger partial charge on any atom is -0.489 e. The molecular formula is C17H18O3. The van der Waals surface area contributed by atoms with Crippen LogP contribution in [0, 0.1) is 6.92 Å². The molecule has 0 spiro atoms. The minimum atomic E-state index is -0.301. The van der Waals surface area contributed by atoms with E-state index in [9.17, 15) is 4.79 Å². The first-order chi connectivity index (χ1) is 9.70. The van der Waals surface area contributed by atoms with E-state index in [1.807, 2.05) is 43.3 Å². The summed E-state index contributed by atoms with van der Waals surface area (Å²) in [4.78, 5) is 11.7. The molecule has 0 aliphatic heterocycles. The lowest BCUT2D eigenvalue weighted by molar-refractivity contribution is 0.0526. The van der Waals surface area contributed by atoms with Crippen molar-refractivity contribution in [3.05, 3.63) is 65.2 Å². The number of hydrogen-bond acceptors (Lipinski definition) is 3. The van der Waals surface area contributed by atoms with E-state index in [4.69, 9.17) is 9.47 Å². The molecule has 0 aliphatic rings. The molecule has 2 aromatic carbocycles. The number of rotatable bonds is 5. The van der Waals surface area contributed by atoms with E-state index in [0.717, 1.165) is 16.9 Å². The molecule has 0 N–H and O–H groups in total. The Bertz CT molecular complexity index is 590. The summed E-state index contributed by atoms with van der Waals surface area (Å²) in [6.07, 6.45) is 0. The number of para-hydroxylation sites is 1. The molecule has 2 aromatic rings. The molecule has 0 saturated carbocycles. The molecule has 3 heteroatoms. The summed E-state index contributed by atoms with van der Waals surface area (Å²) in [5.41, 5.74) is 2.59. The molecule has 0 unspecified atom stereocenters. The lowest BCUT2D eigenvalue weighted by Gasteiger charge is -2.09. The summed E-state index contributed by atoms with van der Waals surface area (Å²) in [6, 6.07) is 15.2. The van der Waals surface area contributed by atoms with E-state index >= 15 is 0 Å². The summed E-state index contributed by atoms with van der Waals surface area (Å²) in [7, 11) is 0. The molecule has 0 amide bonds. The van der Waals surface area contributed by atoms with E-state index in [1.165, 1.54) is 0 Å². The molecule has 0 heterocycles. The quantitative estimate of drug-likeness (QED) is 0.776. The molecule has 0 atom stereocenters. The minimum absolute atomic E-state index is 0.301. The maximum absolute atomic E-state index is 11.7. The van der Waals surface area contributed by atoms with E-state index in [1.54, 1.807) is 19.1 Å². The monoisotopic (exact) mass is 270 g/mol. The maximum Gasteiger partial charge on any atom is 0.338 e. The van der Waals surface area contributed by atoms with Crippen molar-refractivity contribution in [2.45, 2.75) is 20.5 Å². The number of aryl methyl sites for hydroxylation is 1. The van der Waals surface area contributed by atoms with Crippen LogP contribution < -0.4 is 4.74 Å². The molecule has 20 heavy (non-hydrogen) atoms. The van der Waals surface area contributed by atoms with Crippen LogP contribution in [0.15, 0.2) is 48.5 Å². The Balaban J connectivity index is 2.05. The van der Waals surface area contributed by atoms with Gasteiger partial charge in [-0.25, -0.2) is 4.79 Å². The average molecular weight is 270 g/mol. The topological polar surface area (TPSA) is 35.5 Å². The Kier molecular flexibility index (Phi) is 4.77. The Morgan fingerprint density at radius 3 is 2.65 bits per heavy atom. The predicted molar refractivity (Wildman–Crippen MR) is 77.9 cm³/mol. The van der Waals surface area contributed by atoms with Gasteiger partial charge in [0, 0.05) is 0 Å². The molecular weight excluding hydrogens is 252 g/mol. The van der Waals surface area contributed by atoms with E-state index in [0.29, 0.717) is 18.8 Å². The van der Waals surface area contributed by atoms with Crippen LogP contribution in [0.4, 0.5) is 0 Å². The molecule has 0 aromatic heterocycles. The van der Waals surface area contributed by atoms with Crippen molar-refractivity contribution in [3.8, 4) is 5.75 Å². The summed E-state index contributed by atoms with van der Waals surface area (Å²) in [6.45, 7) is 4.61. The van der Waals surface area contributed by atoms with Gasteiger partial charge in [-0.15, -0.1) is 0 Å². The Morgan fingerprint density at radius 1 is 1.10 bits per heavy atom. The highest BCUT2D eigenvalue weighted by Gasteiger charge is 2.07. The second-order valence-corrected chi connectivity index (χ2v) is 4.48. The first-order valence-electron chi connectivity index (χ1n) is 6.65. The van der Waals surface area contributed by atoms with Gasteiger partial charge in [-0.1, -0.05) is 30.3 Å². The standard InChI is InChI=1S/C17H18O3/c1-3-19-17(18)15-9-6-8-14(11-15)12-20-16-10-5-4-7-13(16)2/h4-11H,3,12H2,1-2H3. The van der Waals surface area contributed by atoms with Gasteiger partial charge in [0.25, 0.3) is 0 Å². The van der Waals surface area contributed by atoms with Crippen LogP contribution in [-0.4, -0.2) is 12.6 Å². The molecule has 0 fully saturated rings. The molecule has 2 rings (SSSR count). The number of esters is 1. The van der Waals surface area contributed by atoms with Gasteiger partial charge in [-0.2, -0.15) is 0 Å². The van der Waals surface area contributed by atoms with Gasteiger partial charge in [0.1, 0.15) is 12.4 Å². The van der Waals surface area contributed by atoms with Crippen LogP contribution in [0.25, 0.3) is 0 Å². The van der Waals surface area contributed by atoms with Crippen LogP contribution in [0.3, 0.4) is 0 Å². The third kappa shape index (κ3) is 3.60. The molecule has 0 saturated heterocycles. The predicted octanol–water partition coefficient (Wildman–Crippen LogP) is 3.75. The molecule has 0 aliphatic carbocycles. The van der Waals surface area contributed by atoms with Crippen molar-refractivity contribution in [1.82, 2.24) is 0 Å². The van der Waals surface area contributed by atoms with Gasteiger partial charge in [0.15, 0.2) is 0 Å². The van der Waals surface area contributed by atoms with Gasteiger partial charge in [0.05, 0.1) is 12.2 Å². The fraction of sp³-hybridized carbons (Fsp3) is 0.235. The Morgan fingerprint density at radius 2 is 1.90 bits per heavy atom. The highest BCUT2D eigenvalue weighted by Crippen LogP contribution is 2.18. The first kappa shape index (κ1) is 14.1. The maximum atomic E-state index is 11.7. The third-order valence-electron chi connectivity index (χ3n) is 2.93. The summed E-state index contributed by atoms with van der Waals surface area (Å²) >= 11 is 0. The second kappa shape index (κ2) is 6.75. The van der Waals surface area contributed by atoms with E-state index < -0.39 is 0 Å². The normalized spacial score (nSPS) is 10.1. The largest absolute Gasteiger partial charge is 0.489 e. The smallest absolute Gasteiger partial charge is 0.338 e. The number of ether oxygens (including phenoxy) is 2. The molecule has 0 radical (unpaired) electrons. The van der Waals surface area contributed by atoms with Crippen molar-refractivity contribution >= 4 is 5.97 Å². The summed E-state index contributed by atoms with van der Waals surface area (Å²) < 4.78 is 10.8. The van der Waals surface area contributed by atoms with Crippen LogP contribution >= 0.6 is 0 Å². The molecule has 0 bridgehead atoms. The first-order valence-corrected chi connectivity index (χ1v) is 6.65. The molecule has 104 valence electrons. The van der Waals surface area contributed by atoms with E-state index in [-0.39, 0.29) is 5.97 Å². The fourth-order valence-corrected chi connectivity index (χ4v) is 1.88. The number of carbonyl (C=O) groups excluding carboxylic acids is 1. The summed E-state index contributed by atoms with van der Waals surface area (Å²) in [5.74, 6) is 0.555. The van der Waals surface area contributed by atoms with E-state index in [2.05, 4.69) is 0 Å². The van der Waals surface area contributed by atoms with Gasteiger partial charge < -0.3 is 9.47 Å². The second-order valence-electron chi connectivity index (χ2n) is 4.48. The van der Waals surface area contributed by atoms with Crippen molar-refractivity contribution < 1.29 is 14.3 Å². The number of carbonyl (C=O) groups is 1. The van der Waals surface area contributed by atoms with Crippen LogP contribution in [-0.2, 0) is 11.3 Å². The van der Waals surface area contributed by atoms with Crippen molar-refractivity contribution in [3.63, 3.8) is 0 Å². The van der Waals surface area contributed by atoms with Crippen molar-refractivity contribution in [2.75, 3.05) is 6.61 Å². The SMILES string of the molecule is CCOC(=O)c1cccc(COc2ccccc2C)c1. The lowest BCUT2D eigenvalue weighted by Crippen LogP contribution is -2.05. The van der Waals surface area contributed by atoms with Crippen LogP contribution in [0.1, 0.15) is 28.4 Å². The van der Waals surface area contributed by atoms with Crippen LogP contribution in [0.2, 0.25) is 0 Å². The van der Waals surface area contributed by atoms with Crippen molar-refractivity contribution in [1.29, 1.82) is 0 Å². The number of hydrogen-bond donors (Lipinski definition) is 0. The van der Waals surface area contributed by atoms with Gasteiger partial charge in [-0.05, 0) is 43.2 Å². The Hall–Kier alpha value is -2.29. The van der Waals surface area contributed by atoms with Gasteiger partial charge in [-0.3, -0.25) is 0 Å². The van der Waals surface area contributed by atoms with Gasteiger partial charge >= 0.3 is 5.97 Å². The summed E-state index contributed by atoms with van der Waals surface area (Å²) in [5, 5.41) is 0. The zero-order chi connectivity index (χ0) is 14.4. The highest BCUT2D eigenvalue weighted by atomic mass is 16.5. The fourth-order valence-electron chi connectivity index (χ4n) is 1.88. The molecule has 3 nitrogen and oxygen atoms in total. The Labute approximate surface area is 119 Å². The lowest BCUT2D eigenvalue weighted by atomic mass is 10.1. The van der Waals surface area contributed by atoms with Gasteiger partial charge in [0.2, 0.25) is 0 Å². The zero-order valence-electron chi connectivity index (χ0n) is 11.8.